The Balaban J connectivity index is 0.00000127. The molecule has 0 aromatic heterocycles. The standard InChI is InChI=1S/C16H27IO3S.C2H6/c1-11(6-9-15(18)19-3)12-7-8-13-14(20-21-17)5-4-10-16(12,13)2;1-2/h11-14H,4-10H2,1-3H3;1-2H3. The number of rotatable bonds is 6. The van der Waals surface area contributed by atoms with Crippen LogP contribution in [0.3, 0.4) is 0 Å². The molecule has 5 heteroatoms. The summed E-state index contributed by atoms with van der Waals surface area (Å²) in [5, 5.41) is 0. The van der Waals surface area contributed by atoms with E-state index in [1.54, 1.807) is 0 Å². The van der Waals surface area contributed by atoms with E-state index in [1.807, 2.05) is 13.8 Å². The molecule has 0 aliphatic heterocycles. The zero-order valence-corrected chi connectivity index (χ0v) is 18.2. The summed E-state index contributed by atoms with van der Waals surface area (Å²) in [5.74, 6) is 1.93. The number of esters is 1. The van der Waals surface area contributed by atoms with E-state index in [9.17, 15) is 4.79 Å². The van der Waals surface area contributed by atoms with Gasteiger partial charge in [0.25, 0.3) is 0 Å². The molecule has 0 aromatic carbocycles. The summed E-state index contributed by atoms with van der Waals surface area (Å²) in [6.07, 6.45) is 8.29. The van der Waals surface area contributed by atoms with Gasteiger partial charge in [-0.3, -0.25) is 4.79 Å². The average molecular weight is 456 g/mol. The fourth-order valence-electron chi connectivity index (χ4n) is 4.91. The van der Waals surface area contributed by atoms with Crippen LogP contribution in [-0.2, 0) is 13.7 Å². The first-order chi connectivity index (χ1) is 11.0. The number of ether oxygens (including phenoxy) is 1. The van der Waals surface area contributed by atoms with Crippen molar-refractivity contribution in [2.75, 3.05) is 7.11 Å². The molecule has 0 aromatic rings. The van der Waals surface area contributed by atoms with Gasteiger partial charge in [-0.15, -0.1) is 0 Å². The van der Waals surface area contributed by atoms with E-state index in [0.717, 1.165) is 12.3 Å². The van der Waals surface area contributed by atoms with Crippen molar-refractivity contribution < 1.29 is 13.7 Å². The highest BCUT2D eigenvalue weighted by Gasteiger charge is 2.52. The van der Waals surface area contributed by atoms with Crippen molar-refractivity contribution >= 4 is 36.4 Å². The first-order valence-corrected chi connectivity index (χ1v) is 12.3. The van der Waals surface area contributed by atoms with Gasteiger partial charge in [0.2, 0.25) is 0 Å². The molecule has 0 radical (unpaired) electrons. The van der Waals surface area contributed by atoms with E-state index in [0.29, 0.717) is 29.8 Å². The molecule has 0 bridgehead atoms. The number of carbonyl (C=O) groups excluding carboxylic acids is 1. The second kappa shape index (κ2) is 10.5. The van der Waals surface area contributed by atoms with E-state index >= 15 is 0 Å². The van der Waals surface area contributed by atoms with Crippen LogP contribution in [0.2, 0.25) is 0 Å². The Labute approximate surface area is 158 Å². The van der Waals surface area contributed by atoms with Gasteiger partial charge in [0, 0.05) is 27.6 Å². The smallest absolute Gasteiger partial charge is 0.305 e. The van der Waals surface area contributed by atoms with Crippen molar-refractivity contribution in [2.24, 2.45) is 23.2 Å². The molecular formula is C18H33IO3S. The second-order valence-electron chi connectivity index (χ2n) is 6.98. The van der Waals surface area contributed by atoms with Gasteiger partial charge in [0.15, 0.2) is 0 Å². The molecule has 5 unspecified atom stereocenters. The van der Waals surface area contributed by atoms with E-state index in [1.165, 1.54) is 48.4 Å². The Hall–Kier alpha value is 0.510. The van der Waals surface area contributed by atoms with Crippen LogP contribution >= 0.6 is 30.4 Å². The van der Waals surface area contributed by atoms with Gasteiger partial charge < -0.3 is 8.92 Å². The molecule has 2 aliphatic rings. The lowest BCUT2D eigenvalue weighted by Gasteiger charge is -2.46. The van der Waals surface area contributed by atoms with Crippen LogP contribution < -0.4 is 0 Å². The van der Waals surface area contributed by atoms with Gasteiger partial charge in [-0.1, -0.05) is 34.1 Å². The maximum atomic E-state index is 11.4. The fraction of sp³-hybridized carbons (Fsp3) is 0.944. The van der Waals surface area contributed by atoms with Crippen LogP contribution in [0.1, 0.15) is 72.6 Å². The maximum absolute atomic E-state index is 11.4. The number of hydrogen-bond donors (Lipinski definition) is 0. The summed E-state index contributed by atoms with van der Waals surface area (Å²) in [6, 6.07) is 0. The topological polar surface area (TPSA) is 35.5 Å². The molecule has 2 saturated carbocycles. The molecule has 3 nitrogen and oxygen atoms in total. The van der Waals surface area contributed by atoms with Crippen molar-refractivity contribution in [1.29, 1.82) is 0 Å². The van der Waals surface area contributed by atoms with Crippen LogP contribution in [0, 0.1) is 23.2 Å². The Bertz CT molecular complexity index is 364. The third-order valence-corrected chi connectivity index (χ3v) is 6.96. The van der Waals surface area contributed by atoms with Crippen LogP contribution in [-0.4, -0.2) is 19.2 Å². The van der Waals surface area contributed by atoms with Crippen molar-refractivity contribution in [2.45, 2.75) is 78.7 Å². The maximum Gasteiger partial charge on any atom is 0.305 e. The number of methoxy groups -OCH3 is 1. The highest BCUT2D eigenvalue weighted by molar-refractivity contribution is 14.2. The number of carbonyl (C=O) groups is 1. The molecule has 0 saturated heterocycles. The normalized spacial score (nSPS) is 34.1. The van der Waals surface area contributed by atoms with Crippen molar-refractivity contribution in [3.05, 3.63) is 0 Å². The first-order valence-electron chi connectivity index (χ1n) is 9.03. The molecule has 2 rings (SSSR count). The Morgan fingerprint density at radius 1 is 1.35 bits per heavy atom. The third kappa shape index (κ3) is 5.24. The molecular weight excluding hydrogens is 423 g/mol. The van der Waals surface area contributed by atoms with Crippen LogP contribution in [0.25, 0.3) is 0 Å². The molecule has 0 spiro atoms. The molecule has 5 atom stereocenters. The van der Waals surface area contributed by atoms with Gasteiger partial charge in [0.1, 0.15) is 0 Å². The van der Waals surface area contributed by atoms with Gasteiger partial charge >= 0.3 is 5.97 Å². The second-order valence-corrected chi connectivity index (χ2v) is 8.38. The van der Waals surface area contributed by atoms with Gasteiger partial charge in [-0.05, 0) is 55.3 Å². The summed E-state index contributed by atoms with van der Waals surface area (Å²) >= 11 is 2.23. The highest BCUT2D eigenvalue weighted by atomic mass is 127. The SMILES string of the molecule is CC.COC(=O)CCC(C)C1CCC2C(OSI)CCCC12C. The zero-order valence-electron chi connectivity index (χ0n) is 15.3. The van der Waals surface area contributed by atoms with Crippen molar-refractivity contribution in [1.82, 2.24) is 0 Å². The lowest BCUT2D eigenvalue weighted by molar-refractivity contribution is -0.141. The van der Waals surface area contributed by atoms with E-state index in [2.05, 4.69) is 35.1 Å². The number of fused-ring (bicyclic) bond motifs is 1. The first kappa shape index (κ1) is 21.6. The lowest BCUT2D eigenvalue weighted by Crippen LogP contribution is -2.41. The average Bonchev–Trinajstić information content (AvgIpc) is 2.92. The Kier molecular flexibility index (Phi) is 9.83. The molecule has 0 heterocycles. The molecule has 0 amide bonds. The van der Waals surface area contributed by atoms with Crippen molar-refractivity contribution in [3.63, 3.8) is 0 Å². The predicted molar refractivity (Wildman–Crippen MR) is 106 cm³/mol. The minimum atomic E-state index is -0.0762. The summed E-state index contributed by atoms with van der Waals surface area (Å²) in [6.45, 7) is 8.79. The summed E-state index contributed by atoms with van der Waals surface area (Å²) in [4.78, 5) is 11.4. The summed E-state index contributed by atoms with van der Waals surface area (Å²) < 4.78 is 10.7. The van der Waals surface area contributed by atoms with Gasteiger partial charge in [-0.25, -0.2) is 0 Å². The molecule has 2 aliphatic carbocycles. The Morgan fingerprint density at radius 3 is 2.65 bits per heavy atom. The van der Waals surface area contributed by atoms with Crippen LogP contribution in [0.15, 0.2) is 0 Å². The fourth-order valence-corrected chi connectivity index (χ4v) is 6.03. The minimum Gasteiger partial charge on any atom is -0.469 e. The largest absolute Gasteiger partial charge is 0.469 e. The quantitative estimate of drug-likeness (QED) is 0.271. The zero-order chi connectivity index (χ0) is 17.5. The van der Waals surface area contributed by atoms with E-state index in [-0.39, 0.29) is 5.97 Å². The van der Waals surface area contributed by atoms with E-state index in [4.69, 9.17) is 8.92 Å². The van der Waals surface area contributed by atoms with Gasteiger partial charge in [0.05, 0.1) is 22.4 Å². The highest BCUT2D eigenvalue weighted by Crippen LogP contribution is 2.59. The molecule has 0 N–H and O–H groups in total. The Morgan fingerprint density at radius 2 is 2.04 bits per heavy atom. The summed E-state index contributed by atoms with van der Waals surface area (Å²) in [5.41, 5.74) is 0.394. The summed E-state index contributed by atoms with van der Waals surface area (Å²) in [7, 11) is 2.97. The predicted octanol–water partition coefficient (Wildman–Crippen LogP) is 6.20. The number of halogens is 1. The van der Waals surface area contributed by atoms with E-state index < -0.39 is 0 Å². The number of hydrogen-bond acceptors (Lipinski definition) is 4. The molecule has 136 valence electrons. The van der Waals surface area contributed by atoms with Gasteiger partial charge in [-0.2, -0.15) is 0 Å². The van der Waals surface area contributed by atoms with Crippen LogP contribution in [0.4, 0.5) is 0 Å². The van der Waals surface area contributed by atoms with Crippen molar-refractivity contribution in [3.8, 4) is 0 Å². The van der Waals surface area contributed by atoms with Crippen LogP contribution in [0.5, 0.6) is 0 Å². The monoisotopic (exact) mass is 456 g/mol. The lowest BCUT2D eigenvalue weighted by atomic mass is 9.61. The third-order valence-electron chi connectivity index (χ3n) is 6.01. The molecule has 2 fully saturated rings. The molecule has 23 heavy (non-hydrogen) atoms. The minimum absolute atomic E-state index is 0.0762.